The number of ether oxygens (including phenoxy) is 4. The molecule has 3 aliphatic heterocycles. The molecule has 0 saturated carbocycles. The monoisotopic (exact) mass is 611 g/mol. The second-order valence-corrected chi connectivity index (χ2v) is 11.2. The van der Waals surface area contributed by atoms with Crippen molar-refractivity contribution in [3.63, 3.8) is 0 Å². The van der Waals surface area contributed by atoms with Gasteiger partial charge in [-0.2, -0.15) is 0 Å². The molecule has 0 aliphatic carbocycles. The molecule has 0 N–H and O–H groups in total. The summed E-state index contributed by atoms with van der Waals surface area (Å²) in [6.45, 7) is 4.03. The first-order chi connectivity index (χ1) is 21.9. The number of carbonyl (C=O) groups is 2. The Bertz CT molecular complexity index is 1680. The molecule has 1 unspecified atom stereocenters. The van der Waals surface area contributed by atoms with Gasteiger partial charge in [-0.1, -0.05) is 23.4 Å². The lowest BCUT2D eigenvalue weighted by molar-refractivity contribution is -0.131. The Morgan fingerprint density at radius 3 is 2.56 bits per heavy atom. The summed E-state index contributed by atoms with van der Waals surface area (Å²) in [5, 5.41) is 3.90. The standard InChI is InChI=1S/C35H37N3O7/c1-23-18-29(45-36-23)22-33(39)37-13-5-16-43-27-7-4-6-25(20-27)34-30-10-9-28(44-17-15-37)19-24(30)12-14-38(34)35(40)31-11-8-26(41-2)21-32(31)42-3/h4,6-11,18-21,34H,5,12-17,22H2,1-3H3. The van der Waals surface area contributed by atoms with Crippen LogP contribution in [0.15, 0.2) is 71.3 Å². The summed E-state index contributed by atoms with van der Waals surface area (Å²) in [4.78, 5) is 31.0. The van der Waals surface area contributed by atoms with E-state index in [-0.39, 0.29) is 24.3 Å². The molecule has 2 amide bonds. The van der Waals surface area contributed by atoms with E-state index in [1.165, 1.54) is 0 Å². The maximum Gasteiger partial charge on any atom is 0.258 e. The Kier molecular flexibility index (Phi) is 8.91. The molecule has 1 aromatic heterocycles. The summed E-state index contributed by atoms with van der Waals surface area (Å²) in [6.07, 6.45) is 1.43. The number of rotatable bonds is 5. The molecular weight excluding hydrogens is 574 g/mol. The molecule has 1 atom stereocenters. The van der Waals surface area contributed by atoms with Gasteiger partial charge in [-0.3, -0.25) is 9.59 Å². The van der Waals surface area contributed by atoms with E-state index in [9.17, 15) is 9.59 Å². The average Bonchev–Trinajstić information content (AvgIpc) is 3.48. The quantitative estimate of drug-likeness (QED) is 0.310. The number of fused-ring (bicyclic) bond motifs is 8. The van der Waals surface area contributed by atoms with Gasteiger partial charge >= 0.3 is 0 Å². The Balaban J connectivity index is 1.30. The minimum atomic E-state index is -0.341. The summed E-state index contributed by atoms with van der Waals surface area (Å²) < 4.78 is 28.6. The molecule has 234 valence electrons. The van der Waals surface area contributed by atoms with Crippen LogP contribution in [0.1, 0.15) is 51.0 Å². The number of nitrogens with zero attached hydrogens (tertiary/aromatic N) is 3. The number of methoxy groups -OCH3 is 2. The second kappa shape index (κ2) is 13.3. The van der Waals surface area contributed by atoms with Gasteiger partial charge in [0.2, 0.25) is 5.91 Å². The first kappa shape index (κ1) is 30.1. The van der Waals surface area contributed by atoms with Crippen LogP contribution in [0.2, 0.25) is 0 Å². The zero-order chi connectivity index (χ0) is 31.3. The van der Waals surface area contributed by atoms with Crippen molar-refractivity contribution >= 4 is 11.8 Å². The molecule has 4 heterocycles. The van der Waals surface area contributed by atoms with Crippen LogP contribution in [0.5, 0.6) is 23.0 Å². The predicted octanol–water partition coefficient (Wildman–Crippen LogP) is 5.02. The van der Waals surface area contributed by atoms with E-state index in [0.29, 0.717) is 74.3 Å². The molecule has 0 radical (unpaired) electrons. The number of aryl methyl sites for hydroxylation is 1. The van der Waals surface area contributed by atoms with E-state index in [1.54, 1.807) is 43.4 Å². The van der Waals surface area contributed by atoms with Crippen LogP contribution >= 0.6 is 0 Å². The molecule has 45 heavy (non-hydrogen) atoms. The second-order valence-electron chi connectivity index (χ2n) is 11.2. The fourth-order valence-corrected chi connectivity index (χ4v) is 6.02. The summed E-state index contributed by atoms with van der Waals surface area (Å²) in [6, 6.07) is 20.6. The van der Waals surface area contributed by atoms with Gasteiger partial charge < -0.3 is 33.3 Å². The molecule has 0 spiro atoms. The van der Waals surface area contributed by atoms with Crippen LogP contribution in [0.25, 0.3) is 0 Å². The fourth-order valence-electron chi connectivity index (χ4n) is 6.02. The zero-order valence-electron chi connectivity index (χ0n) is 25.8. The maximum atomic E-state index is 14.2. The zero-order valence-corrected chi connectivity index (χ0v) is 25.8. The smallest absolute Gasteiger partial charge is 0.258 e. The Hall–Kier alpha value is -4.99. The number of benzene rings is 3. The lowest BCUT2D eigenvalue weighted by Gasteiger charge is -2.38. The highest BCUT2D eigenvalue weighted by Gasteiger charge is 2.34. The van der Waals surface area contributed by atoms with Gasteiger partial charge in [-0.25, -0.2) is 0 Å². The van der Waals surface area contributed by atoms with Gasteiger partial charge in [-0.15, -0.1) is 0 Å². The van der Waals surface area contributed by atoms with Crippen molar-refractivity contribution in [2.24, 2.45) is 0 Å². The van der Waals surface area contributed by atoms with E-state index in [0.717, 1.165) is 28.1 Å². The number of hydrogen-bond donors (Lipinski definition) is 0. The molecule has 10 heteroatoms. The van der Waals surface area contributed by atoms with Crippen molar-refractivity contribution in [2.45, 2.75) is 32.2 Å². The minimum Gasteiger partial charge on any atom is -0.497 e. The van der Waals surface area contributed by atoms with Crippen LogP contribution < -0.4 is 18.9 Å². The van der Waals surface area contributed by atoms with E-state index < -0.39 is 0 Å². The van der Waals surface area contributed by atoms with E-state index in [1.807, 2.05) is 54.3 Å². The van der Waals surface area contributed by atoms with E-state index >= 15 is 0 Å². The normalized spacial score (nSPS) is 16.5. The average molecular weight is 612 g/mol. The summed E-state index contributed by atoms with van der Waals surface area (Å²) in [5.74, 6) is 2.87. The third kappa shape index (κ3) is 6.60. The summed E-state index contributed by atoms with van der Waals surface area (Å²) in [5.41, 5.74) is 4.29. The molecule has 4 aromatic rings. The fraction of sp³-hybridized carbons (Fsp3) is 0.343. The third-order valence-electron chi connectivity index (χ3n) is 8.24. The Morgan fingerprint density at radius 2 is 1.76 bits per heavy atom. The third-order valence-corrected chi connectivity index (χ3v) is 8.24. The summed E-state index contributed by atoms with van der Waals surface area (Å²) >= 11 is 0. The van der Waals surface area contributed by atoms with Crippen LogP contribution in [-0.2, 0) is 17.6 Å². The van der Waals surface area contributed by atoms with Gasteiger partial charge in [0.25, 0.3) is 5.91 Å². The van der Waals surface area contributed by atoms with Crippen LogP contribution in [0.3, 0.4) is 0 Å². The van der Waals surface area contributed by atoms with Crippen molar-refractivity contribution in [1.82, 2.24) is 15.0 Å². The number of carbonyl (C=O) groups excluding carboxylic acids is 2. The van der Waals surface area contributed by atoms with E-state index in [2.05, 4.69) is 5.16 Å². The topological polar surface area (TPSA) is 104 Å². The van der Waals surface area contributed by atoms with Gasteiger partial charge in [0, 0.05) is 25.2 Å². The van der Waals surface area contributed by atoms with Crippen LogP contribution in [0.4, 0.5) is 0 Å². The number of aromatic nitrogens is 1. The summed E-state index contributed by atoms with van der Waals surface area (Å²) in [7, 11) is 3.14. The molecule has 6 bridgehead atoms. The molecule has 0 saturated heterocycles. The van der Waals surface area contributed by atoms with Crippen molar-refractivity contribution in [3.05, 3.63) is 100 Å². The van der Waals surface area contributed by atoms with Gasteiger partial charge in [0.05, 0.1) is 51.1 Å². The van der Waals surface area contributed by atoms with Gasteiger partial charge in [-0.05, 0) is 72.9 Å². The number of hydrogen-bond acceptors (Lipinski definition) is 8. The highest BCUT2D eigenvalue weighted by atomic mass is 16.5. The van der Waals surface area contributed by atoms with Crippen LogP contribution in [-0.4, -0.2) is 73.8 Å². The SMILES string of the molecule is COc1ccc(C(=O)N2CCc3cc4ccc3C2c2cccc(c2)OCCCN(C(=O)Cc2cc(C)no2)CCO4)c(OC)c1. The molecule has 7 rings (SSSR count). The lowest BCUT2D eigenvalue weighted by atomic mass is 9.87. The molecule has 3 aromatic carbocycles. The largest absolute Gasteiger partial charge is 0.497 e. The minimum absolute atomic E-state index is 0.0515. The van der Waals surface area contributed by atoms with Crippen molar-refractivity contribution in [2.75, 3.05) is 47.1 Å². The predicted molar refractivity (Wildman–Crippen MR) is 166 cm³/mol. The highest BCUT2D eigenvalue weighted by Crippen LogP contribution is 2.40. The van der Waals surface area contributed by atoms with Gasteiger partial charge in [0.15, 0.2) is 0 Å². The van der Waals surface area contributed by atoms with Crippen molar-refractivity contribution in [3.8, 4) is 23.0 Å². The van der Waals surface area contributed by atoms with Gasteiger partial charge in [0.1, 0.15) is 35.4 Å². The lowest BCUT2D eigenvalue weighted by Crippen LogP contribution is -2.40. The molecule has 0 fully saturated rings. The van der Waals surface area contributed by atoms with E-state index in [4.69, 9.17) is 23.5 Å². The Labute approximate surface area is 262 Å². The molecular formula is C35H37N3O7. The van der Waals surface area contributed by atoms with Crippen LogP contribution in [0, 0.1) is 6.92 Å². The van der Waals surface area contributed by atoms with Crippen molar-refractivity contribution in [1.29, 1.82) is 0 Å². The Morgan fingerprint density at radius 1 is 0.911 bits per heavy atom. The molecule has 10 nitrogen and oxygen atoms in total. The number of amides is 2. The molecule has 3 aliphatic rings. The first-order valence-electron chi connectivity index (χ1n) is 15.1. The maximum absolute atomic E-state index is 14.2. The first-order valence-corrected chi connectivity index (χ1v) is 15.1. The van der Waals surface area contributed by atoms with Crippen molar-refractivity contribution < 1.29 is 33.1 Å². The highest BCUT2D eigenvalue weighted by molar-refractivity contribution is 5.98.